The predicted octanol–water partition coefficient (Wildman–Crippen LogP) is 2.19. The van der Waals surface area contributed by atoms with Crippen LogP contribution in [-0.4, -0.2) is 24.4 Å². The molecular weight excluding hydrogens is 303 g/mol. The summed E-state index contributed by atoms with van der Waals surface area (Å²) in [6, 6.07) is 1.11. The van der Waals surface area contributed by atoms with E-state index in [4.69, 9.17) is 17.3 Å². The number of amides is 1. The first-order valence-electron chi connectivity index (χ1n) is 5.08. The fourth-order valence-electron chi connectivity index (χ4n) is 1.54. The molecule has 0 atom stereocenters. The van der Waals surface area contributed by atoms with Crippen LogP contribution in [0.25, 0.3) is 0 Å². The quantitative estimate of drug-likeness (QED) is 0.681. The predicted molar refractivity (Wildman–Crippen MR) is 65.6 cm³/mol. The monoisotopic (exact) mass is 311 g/mol. The number of halogens is 4. The van der Waals surface area contributed by atoms with Crippen LogP contribution in [-0.2, 0) is 11.0 Å². The van der Waals surface area contributed by atoms with Gasteiger partial charge < -0.3 is 10.6 Å². The van der Waals surface area contributed by atoms with E-state index in [0.717, 1.165) is 11.0 Å². The van der Waals surface area contributed by atoms with Gasteiger partial charge in [-0.25, -0.2) is 0 Å². The van der Waals surface area contributed by atoms with E-state index in [1.54, 1.807) is 0 Å². The van der Waals surface area contributed by atoms with Crippen molar-refractivity contribution in [2.75, 3.05) is 18.5 Å². The molecule has 6 nitrogen and oxygen atoms in total. The maximum absolute atomic E-state index is 12.6. The van der Waals surface area contributed by atoms with Gasteiger partial charge in [0.25, 0.3) is 5.69 Å². The molecule has 1 aromatic carbocycles. The Bertz CT molecular complexity index is 563. The number of carbonyl (C=O) groups excluding carboxylic acids is 1. The molecule has 0 saturated carbocycles. The van der Waals surface area contributed by atoms with Crippen LogP contribution in [0.5, 0.6) is 0 Å². The van der Waals surface area contributed by atoms with Crippen molar-refractivity contribution in [3.05, 3.63) is 32.8 Å². The van der Waals surface area contributed by atoms with Gasteiger partial charge in [-0.15, -0.1) is 0 Å². The fourth-order valence-corrected chi connectivity index (χ4v) is 1.80. The van der Waals surface area contributed by atoms with Gasteiger partial charge in [0.1, 0.15) is 5.69 Å². The standard InChI is InChI=1S/C10H9ClF3N3O3/c1-16(4-9(15)18)7-3-6(11)5(10(12,13)14)2-8(7)17(19)20/h2-3H,4H2,1H3,(H2,15,18). The number of hydrogen-bond acceptors (Lipinski definition) is 4. The lowest BCUT2D eigenvalue weighted by Crippen LogP contribution is -2.31. The molecule has 0 heterocycles. The van der Waals surface area contributed by atoms with Crippen LogP contribution in [0, 0.1) is 10.1 Å². The van der Waals surface area contributed by atoms with E-state index < -0.39 is 39.8 Å². The average molecular weight is 312 g/mol. The second kappa shape index (κ2) is 5.53. The summed E-state index contributed by atoms with van der Waals surface area (Å²) < 4.78 is 37.9. The van der Waals surface area contributed by atoms with E-state index in [1.165, 1.54) is 7.05 Å². The van der Waals surface area contributed by atoms with E-state index in [1.807, 2.05) is 0 Å². The summed E-state index contributed by atoms with van der Waals surface area (Å²) in [5.41, 5.74) is 2.57. The summed E-state index contributed by atoms with van der Waals surface area (Å²) in [6.07, 6.45) is -4.82. The Balaban J connectivity index is 3.43. The van der Waals surface area contributed by atoms with Gasteiger partial charge in [-0.3, -0.25) is 14.9 Å². The van der Waals surface area contributed by atoms with Crippen molar-refractivity contribution in [2.45, 2.75) is 6.18 Å². The SMILES string of the molecule is CN(CC(N)=O)c1cc(Cl)c(C(F)(F)F)cc1[N+](=O)[O-]. The minimum absolute atomic E-state index is 0.230. The molecule has 0 bridgehead atoms. The maximum atomic E-state index is 12.6. The van der Waals surface area contributed by atoms with Crippen molar-refractivity contribution in [2.24, 2.45) is 5.73 Å². The summed E-state index contributed by atoms with van der Waals surface area (Å²) in [5.74, 6) is -0.794. The number of nitro benzene ring substituents is 1. The topological polar surface area (TPSA) is 89.5 Å². The molecule has 0 saturated heterocycles. The van der Waals surface area contributed by atoms with Crippen molar-refractivity contribution >= 4 is 28.9 Å². The van der Waals surface area contributed by atoms with Gasteiger partial charge in [0.05, 0.1) is 22.1 Å². The van der Waals surface area contributed by atoms with Crippen LogP contribution in [0.4, 0.5) is 24.5 Å². The molecule has 0 aliphatic heterocycles. The normalized spacial score (nSPS) is 11.2. The number of hydrogen-bond donors (Lipinski definition) is 1. The Hall–Kier alpha value is -2.03. The number of alkyl halides is 3. The first-order chi connectivity index (χ1) is 9.04. The van der Waals surface area contributed by atoms with Gasteiger partial charge in [-0.1, -0.05) is 11.6 Å². The van der Waals surface area contributed by atoms with Crippen molar-refractivity contribution in [3.8, 4) is 0 Å². The first kappa shape index (κ1) is 16.0. The lowest BCUT2D eigenvalue weighted by molar-refractivity contribution is -0.384. The number of primary amides is 1. The van der Waals surface area contributed by atoms with E-state index in [0.29, 0.717) is 6.07 Å². The number of anilines is 1. The third-order valence-corrected chi connectivity index (χ3v) is 2.68. The zero-order valence-electron chi connectivity index (χ0n) is 10.1. The van der Waals surface area contributed by atoms with Gasteiger partial charge in [0.2, 0.25) is 5.91 Å². The highest BCUT2D eigenvalue weighted by Crippen LogP contribution is 2.41. The number of nitrogens with two attached hydrogens (primary N) is 1. The first-order valence-corrected chi connectivity index (χ1v) is 5.46. The van der Waals surface area contributed by atoms with E-state index in [-0.39, 0.29) is 5.69 Å². The molecule has 110 valence electrons. The molecule has 0 aliphatic carbocycles. The second-order valence-corrected chi connectivity index (χ2v) is 4.31. The largest absolute Gasteiger partial charge is 0.418 e. The minimum Gasteiger partial charge on any atom is -0.368 e. The van der Waals surface area contributed by atoms with Gasteiger partial charge in [-0.05, 0) is 6.07 Å². The van der Waals surface area contributed by atoms with Crippen LogP contribution in [0.2, 0.25) is 5.02 Å². The van der Waals surface area contributed by atoms with Crippen molar-refractivity contribution in [1.29, 1.82) is 0 Å². The lowest BCUT2D eigenvalue weighted by atomic mass is 10.1. The molecule has 0 unspecified atom stereocenters. The fraction of sp³-hybridized carbons (Fsp3) is 0.300. The molecule has 1 amide bonds. The van der Waals surface area contributed by atoms with Crippen LogP contribution < -0.4 is 10.6 Å². The Morgan fingerprint density at radius 2 is 2.05 bits per heavy atom. The summed E-state index contributed by atoms with van der Waals surface area (Å²) >= 11 is 5.49. The molecular formula is C10H9ClF3N3O3. The minimum atomic E-state index is -4.82. The molecule has 0 aromatic heterocycles. The number of nitrogens with zero attached hydrogens (tertiary/aromatic N) is 2. The van der Waals surface area contributed by atoms with Crippen LogP contribution in [0.1, 0.15) is 5.56 Å². The Labute approximate surface area is 116 Å². The average Bonchev–Trinajstić information content (AvgIpc) is 2.25. The van der Waals surface area contributed by atoms with Gasteiger partial charge >= 0.3 is 6.18 Å². The molecule has 2 N–H and O–H groups in total. The second-order valence-electron chi connectivity index (χ2n) is 3.90. The van der Waals surface area contributed by atoms with Crippen molar-refractivity contribution in [3.63, 3.8) is 0 Å². The van der Waals surface area contributed by atoms with Gasteiger partial charge in [0, 0.05) is 13.1 Å². The Kier molecular flexibility index (Phi) is 4.43. The third-order valence-electron chi connectivity index (χ3n) is 2.37. The van der Waals surface area contributed by atoms with Crippen molar-refractivity contribution < 1.29 is 22.9 Å². The van der Waals surface area contributed by atoms with Gasteiger partial charge in [0.15, 0.2) is 0 Å². The van der Waals surface area contributed by atoms with E-state index >= 15 is 0 Å². The molecule has 20 heavy (non-hydrogen) atoms. The summed E-state index contributed by atoms with van der Waals surface area (Å²) in [6.45, 7) is -0.400. The lowest BCUT2D eigenvalue weighted by Gasteiger charge is -2.19. The highest BCUT2D eigenvalue weighted by atomic mass is 35.5. The zero-order chi connectivity index (χ0) is 15.7. The molecule has 1 aromatic rings. The summed E-state index contributed by atoms with van der Waals surface area (Å²) in [7, 11) is 1.27. The number of nitro groups is 1. The number of likely N-dealkylation sites (N-methyl/N-ethyl adjacent to an activating group) is 1. The van der Waals surface area contributed by atoms with Gasteiger partial charge in [-0.2, -0.15) is 13.2 Å². The smallest absolute Gasteiger partial charge is 0.368 e. The Morgan fingerprint density at radius 1 is 1.50 bits per heavy atom. The number of rotatable bonds is 4. The van der Waals surface area contributed by atoms with Crippen LogP contribution in [0.3, 0.4) is 0 Å². The molecule has 0 fully saturated rings. The zero-order valence-corrected chi connectivity index (χ0v) is 10.8. The highest BCUT2D eigenvalue weighted by Gasteiger charge is 2.36. The molecule has 0 spiro atoms. The van der Waals surface area contributed by atoms with Crippen LogP contribution >= 0.6 is 11.6 Å². The maximum Gasteiger partial charge on any atom is 0.418 e. The highest BCUT2D eigenvalue weighted by molar-refractivity contribution is 6.31. The van der Waals surface area contributed by atoms with E-state index in [2.05, 4.69) is 0 Å². The molecule has 0 aliphatic rings. The van der Waals surface area contributed by atoms with E-state index in [9.17, 15) is 28.1 Å². The Morgan fingerprint density at radius 3 is 2.45 bits per heavy atom. The summed E-state index contributed by atoms with van der Waals surface area (Å²) in [4.78, 5) is 21.7. The van der Waals surface area contributed by atoms with Crippen LogP contribution in [0.15, 0.2) is 12.1 Å². The summed E-state index contributed by atoms with van der Waals surface area (Å²) in [5, 5.41) is 10.2. The number of benzene rings is 1. The molecule has 10 heteroatoms. The molecule has 0 radical (unpaired) electrons. The molecule has 1 rings (SSSR count). The van der Waals surface area contributed by atoms with Crippen molar-refractivity contribution in [1.82, 2.24) is 0 Å². The third kappa shape index (κ3) is 3.50. The number of carbonyl (C=O) groups is 1.